The maximum atomic E-state index is 9.58. The van der Waals surface area contributed by atoms with E-state index in [1.165, 1.54) is 11.1 Å². The predicted octanol–water partition coefficient (Wildman–Crippen LogP) is 5.40. The van der Waals surface area contributed by atoms with Crippen molar-refractivity contribution >= 4 is 0 Å². The number of phenols is 2. The highest BCUT2D eigenvalue weighted by atomic mass is 16.3. The maximum Gasteiger partial charge on any atom is 0.115 e. The minimum absolute atomic E-state index is 0.0624. The quantitative estimate of drug-likeness (QED) is 0.632. The van der Waals surface area contributed by atoms with Gasteiger partial charge in [0.2, 0.25) is 0 Å². The molecule has 2 N–H and O–H groups in total. The molecule has 3 aromatic rings. The lowest BCUT2D eigenvalue weighted by molar-refractivity contribution is 0.475. The molecule has 0 amide bonds. The molecule has 0 aliphatic rings. The molecule has 0 saturated carbocycles. The molecule has 0 fully saturated rings. The Hall–Kier alpha value is -2.74. The summed E-state index contributed by atoms with van der Waals surface area (Å²) in [6, 6.07) is 23.3. The van der Waals surface area contributed by atoms with Gasteiger partial charge in [0.25, 0.3) is 0 Å². The van der Waals surface area contributed by atoms with Gasteiger partial charge >= 0.3 is 0 Å². The zero-order valence-corrected chi connectivity index (χ0v) is 14.0. The molecule has 3 rings (SSSR count). The summed E-state index contributed by atoms with van der Waals surface area (Å²) in [6.45, 7) is 4.37. The van der Waals surface area contributed by atoms with Crippen LogP contribution in [0.3, 0.4) is 0 Å². The number of hydrogen-bond acceptors (Lipinski definition) is 2. The molecule has 0 spiro atoms. The van der Waals surface area contributed by atoms with Crippen LogP contribution in [0.1, 0.15) is 47.9 Å². The van der Waals surface area contributed by atoms with Gasteiger partial charge in [-0.3, -0.25) is 0 Å². The van der Waals surface area contributed by atoms with E-state index < -0.39 is 0 Å². The van der Waals surface area contributed by atoms with Gasteiger partial charge in [-0.15, -0.1) is 0 Å². The van der Waals surface area contributed by atoms with Crippen LogP contribution in [0.2, 0.25) is 0 Å². The molecule has 24 heavy (non-hydrogen) atoms. The second-order valence-electron chi connectivity index (χ2n) is 6.44. The van der Waals surface area contributed by atoms with Crippen LogP contribution < -0.4 is 0 Å². The SMILES string of the molecule is CC(C)c1ccc(C(c2ccc(O)cc2)c2ccc(O)cc2)cc1. The average Bonchev–Trinajstić information content (AvgIpc) is 2.59. The maximum absolute atomic E-state index is 9.58. The van der Waals surface area contributed by atoms with Gasteiger partial charge in [0, 0.05) is 5.92 Å². The van der Waals surface area contributed by atoms with E-state index in [0.29, 0.717) is 5.92 Å². The van der Waals surface area contributed by atoms with E-state index >= 15 is 0 Å². The van der Waals surface area contributed by atoms with Crippen molar-refractivity contribution in [2.45, 2.75) is 25.7 Å². The summed E-state index contributed by atoms with van der Waals surface area (Å²) in [5, 5.41) is 19.2. The Morgan fingerprint density at radius 1 is 0.500 bits per heavy atom. The third-order valence-corrected chi connectivity index (χ3v) is 4.39. The van der Waals surface area contributed by atoms with Crippen molar-refractivity contribution in [2.24, 2.45) is 0 Å². The fourth-order valence-electron chi connectivity index (χ4n) is 2.98. The highest BCUT2D eigenvalue weighted by Gasteiger charge is 2.17. The Bertz CT molecular complexity index is 739. The van der Waals surface area contributed by atoms with Crippen molar-refractivity contribution < 1.29 is 10.2 Å². The number of benzene rings is 3. The highest BCUT2D eigenvalue weighted by molar-refractivity contribution is 5.46. The van der Waals surface area contributed by atoms with Crippen LogP contribution >= 0.6 is 0 Å². The lowest BCUT2D eigenvalue weighted by Crippen LogP contribution is -2.03. The van der Waals surface area contributed by atoms with Crippen LogP contribution in [0.15, 0.2) is 72.8 Å². The molecular weight excluding hydrogens is 296 g/mol. The van der Waals surface area contributed by atoms with Crippen LogP contribution in [0.25, 0.3) is 0 Å². The molecule has 0 aliphatic heterocycles. The monoisotopic (exact) mass is 318 g/mol. The van der Waals surface area contributed by atoms with Crippen LogP contribution in [0.4, 0.5) is 0 Å². The minimum Gasteiger partial charge on any atom is -0.508 e. The zero-order chi connectivity index (χ0) is 17.1. The first-order chi connectivity index (χ1) is 11.5. The number of hydrogen-bond donors (Lipinski definition) is 2. The van der Waals surface area contributed by atoms with E-state index in [4.69, 9.17) is 0 Å². The molecule has 0 bridgehead atoms. The van der Waals surface area contributed by atoms with Gasteiger partial charge in [-0.2, -0.15) is 0 Å². The molecule has 0 saturated heterocycles. The normalized spacial score (nSPS) is 11.2. The molecule has 2 nitrogen and oxygen atoms in total. The minimum atomic E-state index is 0.0624. The van der Waals surface area contributed by atoms with Crippen LogP contribution in [-0.2, 0) is 0 Å². The van der Waals surface area contributed by atoms with Gasteiger partial charge in [0.15, 0.2) is 0 Å². The molecule has 2 heteroatoms. The summed E-state index contributed by atoms with van der Waals surface area (Å²) in [6.07, 6.45) is 0. The Morgan fingerprint density at radius 2 is 0.792 bits per heavy atom. The Labute approximate surface area is 143 Å². The van der Waals surface area contributed by atoms with E-state index in [-0.39, 0.29) is 17.4 Å². The van der Waals surface area contributed by atoms with Crippen molar-refractivity contribution in [2.75, 3.05) is 0 Å². The first kappa shape index (κ1) is 16.1. The van der Waals surface area contributed by atoms with Crippen molar-refractivity contribution in [3.63, 3.8) is 0 Å². The van der Waals surface area contributed by atoms with Crippen molar-refractivity contribution in [1.82, 2.24) is 0 Å². The summed E-state index contributed by atoms with van der Waals surface area (Å²) in [7, 11) is 0. The Balaban J connectivity index is 2.07. The van der Waals surface area contributed by atoms with Gasteiger partial charge < -0.3 is 10.2 Å². The third-order valence-electron chi connectivity index (χ3n) is 4.39. The third kappa shape index (κ3) is 3.43. The van der Waals surface area contributed by atoms with Gasteiger partial charge in [-0.05, 0) is 52.4 Å². The van der Waals surface area contributed by atoms with E-state index in [1.54, 1.807) is 24.3 Å². The van der Waals surface area contributed by atoms with E-state index in [0.717, 1.165) is 11.1 Å². The summed E-state index contributed by atoms with van der Waals surface area (Å²) in [4.78, 5) is 0. The lowest BCUT2D eigenvalue weighted by Gasteiger charge is -2.20. The average molecular weight is 318 g/mol. The molecule has 0 aliphatic carbocycles. The molecular formula is C22H22O2. The Morgan fingerprint density at radius 3 is 1.12 bits per heavy atom. The van der Waals surface area contributed by atoms with Crippen LogP contribution in [0.5, 0.6) is 11.5 Å². The molecule has 0 heterocycles. The van der Waals surface area contributed by atoms with E-state index in [2.05, 4.69) is 38.1 Å². The zero-order valence-electron chi connectivity index (χ0n) is 14.0. The number of rotatable bonds is 4. The van der Waals surface area contributed by atoms with Gasteiger partial charge in [0.1, 0.15) is 11.5 Å². The van der Waals surface area contributed by atoms with Crippen LogP contribution in [-0.4, -0.2) is 10.2 Å². The largest absolute Gasteiger partial charge is 0.508 e. The molecule has 0 radical (unpaired) electrons. The second kappa shape index (κ2) is 6.79. The predicted molar refractivity (Wildman–Crippen MR) is 97.7 cm³/mol. The molecule has 122 valence electrons. The smallest absolute Gasteiger partial charge is 0.115 e. The van der Waals surface area contributed by atoms with Crippen molar-refractivity contribution in [3.8, 4) is 11.5 Å². The molecule has 0 atom stereocenters. The van der Waals surface area contributed by atoms with E-state index in [9.17, 15) is 10.2 Å². The Kier molecular flexibility index (Phi) is 4.57. The summed E-state index contributed by atoms with van der Waals surface area (Å²) >= 11 is 0. The molecule has 3 aromatic carbocycles. The standard InChI is InChI=1S/C22H22O2/c1-15(2)16-3-5-17(6-4-16)22(18-7-11-20(23)12-8-18)19-9-13-21(24)14-10-19/h3-15,22-24H,1-2H3. The van der Waals surface area contributed by atoms with Crippen molar-refractivity contribution in [1.29, 1.82) is 0 Å². The fraction of sp³-hybridized carbons (Fsp3) is 0.182. The number of aromatic hydroxyl groups is 2. The lowest BCUT2D eigenvalue weighted by atomic mass is 9.84. The molecule has 0 unspecified atom stereocenters. The first-order valence-electron chi connectivity index (χ1n) is 8.22. The van der Waals surface area contributed by atoms with Gasteiger partial charge in [-0.1, -0.05) is 62.4 Å². The second-order valence-corrected chi connectivity index (χ2v) is 6.44. The van der Waals surface area contributed by atoms with E-state index in [1.807, 2.05) is 24.3 Å². The highest BCUT2D eigenvalue weighted by Crippen LogP contribution is 2.34. The van der Waals surface area contributed by atoms with Crippen LogP contribution in [0, 0.1) is 0 Å². The summed E-state index contributed by atoms with van der Waals surface area (Å²) in [5.74, 6) is 1.09. The fourth-order valence-corrected chi connectivity index (χ4v) is 2.98. The van der Waals surface area contributed by atoms with Gasteiger partial charge in [0.05, 0.1) is 0 Å². The number of phenolic OH excluding ortho intramolecular Hbond substituents is 2. The summed E-state index contributed by atoms with van der Waals surface area (Å²) in [5.41, 5.74) is 4.72. The molecule has 0 aromatic heterocycles. The summed E-state index contributed by atoms with van der Waals surface area (Å²) < 4.78 is 0. The first-order valence-corrected chi connectivity index (χ1v) is 8.22. The van der Waals surface area contributed by atoms with Gasteiger partial charge in [-0.25, -0.2) is 0 Å². The topological polar surface area (TPSA) is 40.5 Å². The van der Waals surface area contributed by atoms with Crippen molar-refractivity contribution in [3.05, 3.63) is 95.1 Å².